The Morgan fingerprint density at radius 3 is 2.65 bits per heavy atom. The lowest BCUT2D eigenvalue weighted by Crippen LogP contribution is -2.41. The molecule has 1 saturated heterocycles. The molecule has 5 atom stereocenters. The Morgan fingerprint density at radius 2 is 2.00 bits per heavy atom. The fourth-order valence-corrected chi connectivity index (χ4v) is 5.80. The topological polar surface area (TPSA) is 99.2 Å². The van der Waals surface area contributed by atoms with Crippen molar-refractivity contribution < 1.29 is 31.7 Å². The predicted octanol–water partition coefficient (Wildman–Crippen LogP) is 1.35. The van der Waals surface area contributed by atoms with Crippen molar-refractivity contribution in [2.75, 3.05) is 20.2 Å². The molecule has 2 bridgehead atoms. The van der Waals surface area contributed by atoms with Crippen LogP contribution in [0.15, 0.2) is 0 Å². The van der Waals surface area contributed by atoms with E-state index >= 15 is 0 Å². The summed E-state index contributed by atoms with van der Waals surface area (Å²) < 4.78 is 39.8. The molecule has 3 rings (SSSR count). The van der Waals surface area contributed by atoms with Gasteiger partial charge in [0.25, 0.3) is 16.1 Å². The van der Waals surface area contributed by atoms with E-state index in [1.54, 1.807) is 34.2 Å². The average molecular weight is 388 g/mol. The Bertz CT molecular complexity index is 689. The van der Waals surface area contributed by atoms with Crippen LogP contribution >= 0.6 is 0 Å². The van der Waals surface area contributed by atoms with Crippen molar-refractivity contribution in [3.05, 3.63) is 6.42 Å². The summed E-state index contributed by atoms with van der Waals surface area (Å²) in [6, 6.07) is 0. The Balaban J connectivity index is 1.48. The molecule has 2 saturated carbocycles. The first kappa shape index (κ1) is 19.4. The van der Waals surface area contributed by atoms with Crippen molar-refractivity contribution >= 4 is 22.2 Å². The second kappa shape index (κ2) is 6.67. The van der Waals surface area contributed by atoms with Gasteiger partial charge in [-0.25, -0.2) is 4.79 Å². The van der Waals surface area contributed by atoms with Gasteiger partial charge in [-0.15, -0.1) is 0 Å². The number of likely N-dealkylation sites (N-methyl/N-ethyl adjacent to an activating group) is 1. The number of hydrogen-bond donors (Lipinski definition) is 0. The van der Waals surface area contributed by atoms with E-state index in [4.69, 9.17) is 13.7 Å². The summed E-state index contributed by atoms with van der Waals surface area (Å²) in [4.78, 5) is 25.5. The van der Waals surface area contributed by atoms with Crippen LogP contribution in [0.25, 0.3) is 0 Å². The Kier molecular flexibility index (Phi) is 4.98. The molecule has 1 heterocycles. The fourth-order valence-electron chi connectivity index (χ4n) is 3.92. The van der Waals surface area contributed by atoms with Gasteiger partial charge in [0.1, 0.15) is 18.8 Å². The van der Waals surface area contributed by atoms with E-state index in [0.29, 0.717) is 6.42 Å². The van der Waals surface area contributed by atoms with Crippen LogP contribution in [0.5, 0.6) is 0 Å². The maximum Gasteiger partial charge on any atom is 0.409 e. The van der Waals surface area contributed by atoms with Gasteiger partial charge in [-0.05, 0) is 12.8 Å². The van der Waals surface area contributed by atoms with Gasteiger partial charge < -0.3 is 20.8 Å². The molecule has 0 N–H and O–H groups in total. The molecule has 5 unspecified atom stereocenters. The van der Waals surface area contributed by atoms with Crippen molar-refractivity contribution in [2.45, 2.75) is 51.1 Å². The molecule has 3 aliphatic rings. The number of nitrogens with zero attached hydrogens (tertiary/aromatic N) is 1. The molecule has 1 amide bonds. The van der Waals surface area contributed by atoms with Gasteiger partial charge in [0.15, 0.2) is 0 Å². The summed E-state index contributed by atoms with van der Waals surface area (Å²) in [5.41, 5.74) is -0.677. The van der Waals surface area contributed by atoms with Crippen molar-refractivity contribution in [1.82, 2.24) is 4.90 Å². The second-order valence-corrected chi connectivity index (χ2v) is 9.69. The maximum atomic E-state index is 12.3. The number of hydrogen-bond acceptors (Lipinski definition) is 7. The lowest BCUT2D eigenvalue weighted by molar-refractivity contribution is -0.152. The zero-order chi connectivity index (χ0) is 19.3. The molecule has 8 nitrogen and oxygen atoms in total. The number of esters is 1. The predicted molar refractivity (Wildman–Crippen MR) is 91.4 cm³/mol. The number of fused-ring (bicyclic) bond motifs is 1. The highest BCUT2D eigenvalue weighted by molar-refractivity contribution is 7.87. The quantitative estimate of drug-likeness (QED) is 0.385. The molecule has 0 radical (unpaired) electrons. The minimum absolute atomic E-state index is 0.0309. The van der Waals surface area contributed by atoms with E-state index in [1.807, 2.05) is 0 Å². The van der Waals surface area contributed by atoms with Gasteiger partial charge in [0.2, 0.25) is 0 Å². The molecule has 9 heteroatoms. The summed E-state index contributed by atoms with van der Waals surface area (Å²) in [5, 5.41) is -0.441. The summed E-state index contributed by atoms with van der Waals surface area (Å²) in [5.74, 6) is -0.393. The van der Waals surface area contributed by atoms with Crippen LogP contribution < -0.4 is 0 Å². The summed E-state index contributed by atoms with van der Waals surface area (Å²) in [6.07, 6.45) is 1.32. The van der Waals surface area contributed by atoms with Gasteiger partial charge in [-0.2, -0.15) is 15.3 Å². The van der Waals surface area contributed by atoms with E-state index in [2.05, 4.69) is 0 Å². The van der Waals surface area contributed by atoms with Gasteiger partial charge in [0.05, 0.1) is 11.8 Å². The van der Waals surface area contributed by atoms with Crippen LogP contribution in [-0.2, 0) is 28.6 Å². The molecule has 2 aliphatic carbocycles. The number of ether oxygens (including phenoxy) is 2. The summed E-state index contributed by atoms with van der Waals surface area (Å²) >= 11 is 0. The van der Waals surface area contributed by atoms with Gasteiger partial charge in [-0.1, -0.05) is 19.3 Å². The lowest BCUT2D eigenvalue weighted by Gasteiger charge is -2.30. The number of rotatable bonds is 6. The smallest absolute Gasteiger partial charge is 0.409 e. The zero-order valence-electron chi connectivity index (χ0n) is 15.5. The lowest BCUT2D eigenvalue weighted by atomic mass is 9.91. The van der Waals surface area contributed by atoms with Crippen molar-refractivity contribution in [3.8, 4) is 0 Å². The monoisotopic (exact) mass is 388 g/mol. The number of carbonyl (C=O) groups is 2. The Hall–Kier alpha value is -1.35. The Morgan fingerprint density at radius 1 is 1.31 bits per heavy atom. The van der Waals surface area contributed by atoms with E-state index in [-0.39, 0.29) is 31.0 Å². The van der Waals surface area contributed by atoms with Crippen LogP contribution in [0, 0.1) is 23.7 Å². The van der Waals surface area contributed by atoms with E-state index in [1.165, 1.54) is 4.90 Å². The fraction of sp³-hybridized carbons (Fsp3) is 0.824. The van der Waals surface area contributed by atoms with Crippen molar-refractivity contribution in [2.24, 2.45) is 17.3 Å². The molecule has 0 aromatic rings. The first-order valence-electron chi connectivity index (χ1n) is 8.88. The minimum atomic E-state index is -3.53. The SMILES string of the molecule is C[CH-]C(C)(C)C(=O)OCCN(C)C(=O)OC1C2CC3C1OS(=O)(=O)C3C2. The van der Waals surface area contributed by atoms with E-state index in [9.17, 15) is 18.0 Å². The van der Waals surface area contributed by atoms with Crippen LogP contribution in [0.1, 0.15) is 33.6 Å². The van der Waals surface area contributed by atoms with E-state index in [0.717, 1.165) is 6.42 Å². The third-order valence-corrected chi connectivity index (χ3v) is 7.64. The number of amides is 1. The standard InChI is InChI=1S/C17H26NO7S/c1-5-17(2,3)15(19)23-7-6-18(4)16(20)24-13-10-8-11-12(9-10)26(21,22)25-14(11)13/h5,10-14H,6-9H2,1-4H3/q-1. The highest BCUT2D eigenvalue weighted by atomic mass is 32.2. The molecule has 148 valence electrons. The normalized spacial score (nSPS) is 33.9. The first-order chi connectivity index (χ1) is 12.1. The molecular formula is C17H26NO7S-. The first-order valence-corrected chi connectivity index (χ1v) is 10.4. The van der Waals surface area contributed by atoms with Crippen molar-refractivity contribution in [3.63, 3.8) is 0 Å². The maximum absolute atomic E-state index is 12.3. The Labute approximate surface area is 154 Å². The summed E-state index contributed by atoms with van der Waals surface area (Å²) in [6.45, 7) is 5.55. The number of carbonyl (C=O) groups excluding carboxylic acids is 2. The molecule has 0 spiro atoms. The molecule has 26 heavy (non-hydrogen) atoms. The van der Waals surface area contributed by atoms with Crippen molar-refractivity contribution in [1.29, 1.82) is 0 Å². The zero-order valence-corrected chi connectivity index (χ0v) is 16.3. The molecular weight excluding hydrogens is 362 g/mol. The van der Waals surface area contributed by atoms with Crippen LogP contribution in [-0.4, -0.2) is 63.0 Å². The highest BCUT2D eigenvalue weighted by Gasteiger charge is 2.65. The third-order valence-electron chi connectivity index (χ3n) is 5.87. The second-order valence-electron chi connectivity index (χ2n) is 7.90. The van der Waals surface area contributed by atoms with Gasteiger partial charge in [0, 0.05) is 18.9 Å². The van der Waals surface area contributed by atoms with Gasteiger partial charge in [-0.3, -0.25) is 8.98 Å². The van der Waals surface area contributed by atoms with Crippen LogP contribution in [0.4, 0.5) is 4.79 Å². The minimum Gasteiger partial charge on any atom is -0.465 e. The third kappa shape index (κ3) is 3.31. The molecule has 0 aromatic carbocycles. The molecule has 3 fully saturated rings. The molecule has 1 aliphatic heterocycles. The van der Waals surface area contributed by atoms with Gasteiger partial charge >= 0.3 is 6.09 Å². The summed E-state index contributed by atoms with van der Waals surface area (Å²) in [7, 11) is -1.97. The highest BCUT2D eigenvalue weighted by Crippen LogP contribution is 2.55. The van der Waals surface area contributed by atoms with E-state index < -0.39 is 39.1 Å². The van der Waals surface area contributed by atoms with Crippen LogP contribution in [0.3, 0.4) is 0 Å². The van der Waals surface area contributed by atoms with Crippen LogP contribution in [0.2, 0.25) is 0 Å². The largest absolute Gasteiger partial charge is 0.465 e. The average Bonchev–Trinajstić information content (AvgIpc) is 3.18. The molecule has 0 aromatic heterocycles.